The summed E-state index contributed by atoms with van der Waals surface area (Å²) >= 11 is 2.33. The molecule has 0 aliphatic carbocycles. The van der Waals surface area contributed by atoms with Gasteiger partial charge < -0.3 is 14.8 Å². The molecule has 3 aromatic rings. The highest BCUT2D eigenvalue weighted by Gasteiger charge is 2.13. The van der Waals surface area contributed by atoms with Crippen molar-refractivity contribution in [2.75, 3.05) is 11.9 Å². The average molecular weight is 487 g/mol. The number of hydrogen-bond donors (Lipinski definition) is 1. The lowest BCUT2D eigenvalue weighted by atomic mass is 10.1. The molecule has 4 heteroatoms. The molecule has 1 N–H and O–H groups in total. The number of aryl methyl sites for hydroxylation is 2. The molecule has 0 saturated carbocycles. The van der Waals surface area contributed by atoms with Crippen molar-refractivity contribution in [1.29, 1.82) is 0 Å². The summed E-state index contributed by atoms with van der Waals surface area (Å²) in [7, 11) is 0. The second kappa shape index (κ2) is 9.82. The van der Waals surface area contributed by atoms with E-state index in [2.05, 4.69) is 102 Å². The van der Waals surface area contributed by atoms with E-state index in [4.69, 9.17) is 9.47 Å². The van der Waals surface area contributed by atoms with Crippen molar-refractivity contribution in [1.82, 2.24) is 0 Å². The molecule has 0 aromatic heterocycles. The molecule has 0 aliphatic rings. The third-order valence-electron chi connectivity index (χ3n) is 4.42. The third-order valence-corrected chi connectivity index (χ3v) is 5.22. The molecule has 146 valence electrons. The first kappa shape index (κ1) is 20.5. The predicted molar refractivity (Wildman–Crippen MR) is 124 cm³/mol. The lowest BCUT2D eigenvalue weighted by molar-refractivity contribution is 0.267. The van der Waals surface area contributed by atoms with Crippen molar-refractivity contribution >= 4 is 28.3 Å². The molecule has 0 saturated heterocycles. The van der Waals surface area contributed by atoms with Gasteiger partial charge in [0.2, 0.25) is 0 Å². The van der Waals surface area contributed by atoms with Gasteiger partial charge >= 0.3 is 0 Å². The summed E-state index contributed by atoms with van der Waals surface area (Å²) in [6.07, 6.45) is 0. The molecular formula is C24H26INO2. The maximum atomic E-state index is 6.12. The lowest BCUT2D eigenvalue weighted by Crippen LogP contribution is -2.05. The van der Waals surface area contributed by atoms with E-state index in [-0.39, 0.29) is 0 Å². The van der Waals surface area contributed by atoms with Gasteiger partial charge in [-0.25, -0.2) is 0 Å². The summed E-state index contributed by atoms with van der Waals surface area (Å²) < 4.78 is 13.1. The van der Waals surface area contributed by atoms with Gasteiger partial charge in [-0.3, -0.25) is 0 Å². The predicted octanol–water partition coefficient (Wildman–Crippen LogP) is 6.50. The van der Waals surface area contributed by atoms with Crippen LogP contribution in [-0.2, 0) is 13.2 Å². The molecule has 0 heterocycles. The summed E-state index contributed by atoms with van der Waals surface area (Å²) in [5.74, 6) is 1.60. The largest absolute Gasteiger partial charge is 0.490 e. The van der Waals surface area contributed by atoms with Crippen molar-refractivity contribution in [2.45, 2.75) is 33.9 Å². The summed E-state index contributed by atoms with van der Waals surface area (Å²) in [4.78, 5) is 0. The van der Waals surface area contributed by atoms with Crippen LogP contribution < -0.4 is 14.8 Å². The molecular weight excluding hydrogens is 461 g/mol. The number of benzene rings is 3. The summed E-state index contributed by atoms with van der Waals surface area (Å²) in [6, 6.07) is 21.0. The third kappa shape index (κ3) is 5.64. The van der Waals surface area contributed by atoms with Crippen LogP contribution in [-0.4, -0.2) is 6.61 Å². The molecule has 0 amide bonds. The van der Waals surface area contributed by atoms with Gasteiger partial charge in [0.25, 0.3) is 0 Å². The first-order valence-electron chi connectivity index (χ1n) is 9.49. The van der Waals surface area contributed by atoms with Gasteiger partial charge in [0.05, 0.1) is 10.2 Å². The van der Waals surface area contributed by atoms with E-state index in [0.29, 0.717) is 13.2 Å². The molecule has 0 aliphatic heterocycles. The van der Waals surface area contributed by atoms with Crippen LogP contribution in [0.5, 0.6) is 11.5 Å². The van der Waals surface area contributed by atoms with E-state index in [1.807, 2.05) is 6.92 Å². The monoisotopic (exact) mass is 487 g/mol. The topological polar surface area (TPSA) is 30.5 Å². The van der Waals surface area contributed by atoms with Gasteiger partial charge in [0.15, 0.2) is 11.5 Å². The van der Waals surface area contributed by atoms with Crippen molar-refractivity contribution in [2.24, 2.45) is 0 Å². The Hall–Kier alpha value is -2.21. The van der Waals surface area contributed by atoms with Gasteiger partial charge in [0, 0.05) is 12.2 Å². The number of nitrogens with one attached hydrogen (secondary N) is 1. The second-order valence-electron chi connectivity index (χ2n) is 6.83. The fourth-order valence-electron chi connectivity index (χ4n) is 2.84. The van der Waals surface area contributed by atoms with Crippen LogP contribution in [0.1, 0.15) is 29.2 Å². The summed E-state index contributed by atoms with van der Waals surface area (Å²) in [6.45, 7) is 8.04. The molecule has 3 nitrogen and oxygen atoms in total. The molecule has 28 heavy (non-hydrogen) atoms. The maximum absolute atomic E-state index is 6.12. The van der Waals surface area contributed by atoms with E-state index in [1.54, 1.807) is 0 Å². The minimum absolute atomic E-state index is 0.525. The normalized spacial score (nSPS) is 10.6. The first-order chi connectivity index (χ1) is 13.5. The van der Waals surface area contributed by atoms with E-state index in [0.717, 1.165) is 38.4 Å². The summed E-state index contributed by atoms with van der Waals surface area (Å²) in [5, 5.41) is 3.47. The quantitative estimate of drug-likeness (QED) is 0.368. The van der Waals surface area contributed by atoms with Crippen molar-refractivity contribution in [3.63, 3.8) is 0 Å². The highest BCUT2D eigenvalue weighted by molar-refractivity contribution is 14.1. The van der Waals surface area contributed by atoms with Gasteiger partial charge in [-0.15, -0.1) is 0 Å². The molecule has 3 rings (SSSR count). The summed E-state index contributed by atoms with van der Waals surface area (Å²) in [5.41, 5.74) is 5.93. The Balaban J connectivity index is 1.73. The van der Waals surface area contributed by atoms with Crippen molar-refractivity contribution < 1.29 is 9.47 Å². The molecule has 0 bridgehead atoms. The highest BCUT2D eigenvalue weighted by atomic mass is 127. The Bertz CT molecular complexity index is 905. The van der Waals surface area contributed by atoms with E-state index in [9.17, 15) is 0 Å². The van der Waals surface area contributed by atoms with E-state index >= 15 is 0 Å². The number of anilines is 1. The lowest BCUT2D eigenvalue weighted by Gasteiger charge is -2.16. The van der Waals surface area contributed by atoms with Crippen LogP contribution in [0, 0.1) is 17.4 Å². The Kier molecular flexibility index (Phi) is 7.20. The number of rotatable bonds is 8. The van der Waals surface area contributed by atoms with Crippen molar-refractivity contribution in [3.05, 3.63) is 86.5 Å². The average Bonchev–Trinajstić information content (AvgIpc) is 2.68. The van der Waals surface area contributed by atoms with Crippen LogP contribution >= 0.6 is 22.6 Å². The molecule has 0 fully saturated rings. The Morgan fingerprint density at radius 3 is 2.11 bits per heavy atom. The van der Waals surface area contributed by atoms with Gasteiger partial charge in [-0.2, -0.15) is 0 Å². The van der Waals surface area contributed by atoms with Gasteiger partial charge in [-0.1, -0.05) is 47.5 Å². The minimum Gasteiger partial charge on any atom is -0.490 e. The molecule has 0 radical (unpaired) electrons. The maximum Gasteiger partial charge on any atom is 0.174 e. The van der Waals surface area contributed by atoms with Crippen LogP contribution in [0.4, 0.5) is 5.69 Å². The van der Waals surface area contributed by atoms with E-state index in [1.165, 1.54) is 11.1 Å². The molecule has 0 spiro atoms. The Labute approximate surface area is 181 Å². The van der Waals surface area contributed by atoms with Crippen molar-refractivity contribution in [3.8, 4) is 11.5 Å². The number of hydrogen-bond acceptors (Lipinski definition) is 3. The molecule has 0 unspecified atom stereocenters. The fraction of sp³-hybridized carbons (Fsp3) is 0.250. The SMILES string of the molecule is CCOc1cc(CNc2ccc(C)cc2)cc(I)c1OCc1ccc(C)cc1. The first-order valence-corrected chi connectivity index (χ1v) is 10.6. The minimum atomic E-state index is 0.525. The van der Waals surface area contributed by atoms with E-state index < -0.39 is 0 Å². The fourth-order valence-corrected chi connectivity index (χ4v) is 3.66. The van der Waals surface area contributed by atoms with Crippen LogP contribution in [0.3, 0.4) is 0 Å². The zero-order chi connectivity index (χ0) is 19.9. The highest BCUT2D eigenvalue weighted by Crippen LogP contribution is 2.35. The van der Waals surface area contributed by atoms with Gasteiger partial charge in [-0.05, 0) is 78.8 Å². The second-order valence-corrected chi connectivity index (χ2v) is 7.99. The van der Waals surface area contributed by atoms with Crippen LogP contribution in [0.15, 0.2) is 60.7 Å². The Morgan fingerprint density at radius 2 is 1.46 bits per heavy atom. The van der Waals surface area contributed by atoms with Crippen LogP contribution in [0.2, 0.25) is 0 Å². The zero-order valence-corrected chi connectivity index (χ0v) is 18.7. The van der Waals surface area contributed by atoms with Crippen LogP contribution in [0.25, 0.3) is 0 Å². The number of ether oxygens (including phenoxy) is 2. The number of halogens is 1. The standard InChI is InChI=1S/C24H26INO2/c1-4-27-23-14-20(15-26-21-11-7-18(3)8-12-21)13-22(25)24(23)28-16-19-9-5-17(2)6-10-19/h5-14,26H,4,15-16H2,1-3H3. The Morgan fingerprint density at radius 1 is 0.821 bits per heavy atom. The molecule has 0 atom stereocenters. The zero-order valence-electron chi connectivity index (χ0n) is 16.6. The molecule has 3 aromatic carbocycles. The smallest absolute Gasteiger partial charge is 0.174 e. The van der Waals surface area contributed by atoms with Gasteiger partial charge in [0.1, 0.15) is 6.61 Å².